The van der Waals surface area contributed by atoms with Gasteiger partial charge in [-0.1, -0.05) is 0 Å². The average Bonchev–Trinajstić information content (AvgIpc) is 3.63. The van der Waals surface area contributed by atoms with Gasteiger partial charge in [0.15, 0.2) is 11.3 Å². The first-order valence-corrected chi connectivity index (χ1v) is 12.9. The monoisotopic (exact) mass is 529 g/mol. The van der Waals surface area contributed by atoms with Crippen LogP contribution in [0.5, 0.6) is 0 Å². The van der Waals surface area contributed by atoms with E-state index in [1.807, 2.05) is 21.8 Å². The highest BCUT2D eigenvalue weighted by Crippen LogP contribution is 2.43. The summed E-state index contributed by atoms with van der Waals surface area (Å²) >= 11 is 7.56. The second-order valence-electron chi connectivity index (χ2n) is 9.29. The Balaban J connectivity index is 1.65. The lowest BCUT2D eigenvalue weighted by molar-refractivity contribution is -0.131. The van der Waals surface area contributed by atoms with E-state index in [1.165, 1.54) is 23.0 Å². The predicted octanol–water partition coefficient (Wildman–Crippen LogP) is 2.83. The molecule has 1 fully saturated rings. The molecule has 2 atom stereocenters. The largest absolute Gasteiger partial charge is 0.446 e. The number of carbonyl (C=O) groups is 1. The number of amides is 1. The van der Waals surface area contributed by atoms with Crippen molar-refractivity contribution in [3.05, 3.63) is 60.7 Å². The molecular formula is C24H24ClN5O5S. The number of furan rings is 1. The van der Waals surface area contributed by atoms with Crippen LogP contribution in [0.2, 0.25) is 5.22 Å². The Morgan fingerprint density at radius 3 is 2.64 bits per heavy atom. The van der Waals surface area contributed by atoms with E-state index >= 15 is 0 Å². The highest BCUT2D eigenvalue weighted by molar-refractivity contribution is 7.13. The van der Waals surface area contributed by atoms with Crippen LogP contribution in [0, 0.1) is 6.92 Å². The lowest BCUT2D eigenvalue weighted by atomic mass is 10.1. The number of thiazole rings is 1. The number of likely N-dealkylation sites (tertiary alicyclic amines) is 1. The molecule has 6 rings (SSSR count). The summed E-state index contributed by atoms with van der Waals surface area (Å²) in [6.45, 7) is 3.37. The third-order valence-corrected chi connectivity index (χ3v) is 8.11. The van der Waals surface area contributed by atoms with Crippen molar-refractivity contribution in [2.24, 2.45) is 14.1 Å². The van der Waals surface area contributed by atoms with Gasteiger partial charge >= 0.3 is 5.69 Å². The normalized spacial score (nSPS) is 20.0. The van der Waals surface area contributed by atoms with E-state index in [-0.39, 0.29) is 17.2 Å². The first-order valence-electron chi connectivity index (χ1n) is 11.7. The predicted molar refractivity (Wildman–Crippen MR) is 135 cm³/mol. The Hall–Kier alpha value is -3.15. The van der Waals surface area contributed by atoms with Crippen LogP contribution >= 0.6 is 22.9 Å². The molecule has 0 aromatic carbocycles. The fourth-order valence-corrected chi connectivity index (χ4v) is 6.31. The number of hydrogen-bond acceptors (Lipinski definition) is 7. The number of carbonyl (C=O) groups excluding carboxylic acids is 1. The summed E-state index contributed by atoms with van der Waals surface area (Å²) < 4.78 is 16.9. The van der Waals surface area contributed by atoms with Crippen molar-refractivity contribution in [2.45, 2.75) is 38.5 Å². The summed E-state index contributed by atoms with van der Waals surface area (Å²) in [5.74, 6) is 0.555. The van der Waals surface area contributed by atoms with Crippen LogP contribution < -0.4 is 11.2 Å². The van der Waals surface area contributed by atoms with Crippen LogP contribution in [0.25, 0.3) is 21.6 Å². The lowest BCUT2D eigenvalue weighted by Crippen LogP contribution is -2.41. The molecule has 4 aromatic heterocycles. The zero-order chi connectivity index (χ0) is 25.3. The maximum absolute atomic E-state index is 13.5. The molecule has 0 unspecified atom stereocenters. The molecule has 1 amide bonds. The maximum Gasteiger partial charge on any atom is 0.331 e. The summed E-state index contributed by atoms with van der Waals surface area (Å²) in [7, 11) is 3.11. The van der Waals surface area contributed by atoms with E-state index in [9.17, 15) is 14.4 Å². The van der Waals surface area contributed by atoms with Gasteiger partial charge in [-0.2, -0.15) is 0 Å². The van der Waals surface area contributed by atoms with Crippen molar-refractivity contribution in [3.63, 3.8) is 0 Å². The maximum atomic E-state index is 13.5. The Bertz CT molecular complexity index is 1640. The molecule has 10 nitrogen and oxygen atoms in total. The van der Waals surface area contributed by atoms with Crippen LogP contribution in [0.15, 0.2) is 31.5 Å². The molecule has 0 saturated carbocycles. The number of fused-ring (bicyclic) bond motifs is 3. The first-order chi connectivity index (χ1) is 17.2. The van der Waals surface area contributed by atoms with Crippen molar-refractivity contribution in [3.8, 4) is 10.7 Å². The van der Waals surface area contributed by atoms with Crippen LogP contribution in [-0.4, -0.2) is 48.7 Å². The number of halogens is 1. The minimum Gasteiger partial charge on any atom is -0.446 e. The van der Waals surface area contributed by atoms with Crippen molar-refractivity contribution in [2.75, 3.05) is 13.1 Å². The van der Waals surface area contributed by atoms with Crippen LogP contribution in [0.1, 0.15) is 36.1 Å². The van der Waals surface area contributed by atoms with E-state index in [1.54, 1.807) is 19.2 Å². The third kappa shape index (κ3) is 3.48. The van der Waals surface area contributed by atoms with E-state index < -0.39 is 17.4 Å². The molecule has 2 aliphatic heterocycles. The van der Waals surface area contributed by atoms with E-state index in [2.05, 4.69) is 4.98 Å². The molecule has 0 aliphatic carbocycles. The molecule has 12 heteroatoms. The molecule has 0 bridgehead atoms. The fraction of sp³-hybridized carbons (Fsp3) is 0.417. The number of aromatic nitrogens is 4. The van der Waals surface area contributed by atoms with E-state index in [0.29, 0.717) is 59.1 Å². The van der Waals surface area contributed by atoms with Gasteiger partial charge in [0.25, 0.3) is 5.56 Å². The van der Waals surface area contributed by atoms with Gasteiger partial charge in [0, 0.05) is 44.7 Å². The van der Waals surface area contributed by atoms with Crippen molar-refractivity contribution >= 4 is 39.7 Å². The van der Waals surface area contributed by atoms with Crippen LogP contribution in [-0.2, 0) is 30.2 Å². The highest BCUT2D eigenvalue weighted by atomic mass is 35.5. The Labute approximate surface area is 214 Å². The summed E-state index contributed by atoms with van der Waals surface area (Å²) in [5.41, 5.74) is 1.72. The number of nitrogens with zero attached hydrogens (tertiary/aromatic N) is 5. The molecule has 0 N–H and O–H groups in total. The summed E-state index contributed by atoms with van der Waals surface area (Å²) in [5, 5.41) is 3.20. The number of aryl methyl sites for hydroxylation is 2. The first kappa shape index (κ1) is 23.3. The van der Waals surface area contributed by atoms with Gasteiger partial charge in [0.05, 0.1) is 34.9 Å². The molecule has 6 heterocycles. The topological polar surface area (TPSA) is 105 Å². The van der Waals surface area contributed by atoms with Gasteiger partial charge in [0.2, 0.25) is 5.91 Å². The molecule has 1 saturated heterocycles. The van der Waals surface area contributed by atoms with Crippen LogP contribution in [0.4, 0.5) is 0 Å². The fourth-order valence-electron chi connectivity index (χ4n) is 5.30. The van der Waals surface area contributed by atoms with Gasteiger partial charge in [-0.15, -0.1) is 11.3 Å². The molecule has 2 aliphatic rings. The number of hydrogen-bond donors (Lipinski definition) is 0. The zero-order valence-electron chi connectivity index (χ0n) is 20.0. The Morgan fingerprint density at radius 1 is 1.19 bits per heavy atom. The van der Waals surface area contributed by atoms with Gasteiger partial charge in [-0.25, -0.2) is 9.78 Å². The van der Waals surface area contributed by atoms with Gasteiger partial charge in [-0.3, -0.25) is 18.7 Å². The third-order valence-electron chi connectivity index (χ3n) is 6.94. The summed E-state index contributed by atoms with van der Waals surface area (Å²) in [6.07, 6.45) is 0.230. The minimum atomic E-state index is -0.746. The Kier molecular flexibility index (Phi) is 5.47. The smallest absolute Gasteiger partial charge is 0.331 e. The molecule has 0 radical (unpaired) electrons. The van der Waals surface area contributed by atoms with Gasteiger partial charge in [-0.05, 0) is 37.1 Å². The number of ether oxygens (including phenoxy) is 1. The van der Waals surface area contributed by atoms with Gasteiger partial charge < -0.3 is 18.6 Å². The second kappa shape index (κ2) is 8.46. The summed E-state index contributed by atoms with van der Waals surface area (Å²) in [6, 6.07) is 3.36. The second-order valence-corrected chi connectivity index (χ2v) is 10.5. The highest BCUT2D eigenvalue weighted by Gasteiger charge is 2.39. The minimum absolute atomic E-state index is 0.103. The summed E-state index contributed by atoms with van der Waals surface area (Å²) in [4.78, 5) is 45.4. The molecule has 4 aromatic rings. The lowest BCUT2D eigenvalue weighted by Gasteiger charge is -2.34. The van der Waals surface area contributed by atoms with Crippen molar-refractivity contribution < 1.29 is 13.9 Å². The standard InChI is InChI=1S/C24H24ClN5O5S/c1-12-11-36-22(26-12)19-17-18(27(2)24(33)28(3)23(17)32)20-21(14-6-7-15(25)35-14)34-13(10-30(19)20)9-29-8-4-5-16(29)31/h6-7,11,13,21H,4-5,8-10H2,1-3H3/t13-,21+/m0/s1. The molecule has 0 spiro atoms. The van der Waals surface area contributed by atoms with Crippen molar-refractivity contribution in [1.82, 2.24) is 23.6 Å². The quantitative estimate of drug-likeness (QED) is 0.402. The SMILES string of the molecule is Cc1csc(-c2c3c(=O)n(C)c(=O)n(C)c3c3n2C[C@H](CN2CCCC2=O)O[C@@H]3c2ccc(Cl)o2)n1. The number of rotatable bonds is 4. The molecule has 188 valence electrons. The van der Waals surface area contributed by atoms with E-state index in [0.717, 1.165) is 16.7 Å². The van der Waals surface area contributed by atoms with Crippen LogP contribution in [0.3, 0.4) is 0 Å². The zero-order valence-corrected chi connectivity index (χ0v) is 21.6. The van der Waals surface area contributed by atoms with Crippen molar-refractivity contribution in [1.29, 1.82) is 0 Å². The Morgan fingerprint density at radius 2 is 2.00 bits per heavy atom. The molecular weight excluding hydrogens is 506 g/mol. The average molecular weight is 530 g/mol. The van der Waals surface area contributed by atoms with E-state index in [4.69, 9.17) is 20.8 Å². The molecule has 36 heavy (non-hydrogen) atoms. The van der Waals surface area contributed by atoms with Gasteiger partial charge in [0.1, 0.15) is 10.8 Å².